The Bertz CT molecular complexity index is 756. The minimum absolute atomic E-state index is 0.0905. The second-order valence-corrected chi connectivity index (χ2v) is 6.13. The third-order valence-electron chi connectivity index (χ3n) is 2.82. The number of nitrogens with zero attached hydrogens (tertiary/aromatic N) is 2. The van der Waals surface area contributed by atoms with Gasteiger partial charge in [-0.3, -0.25) is 0 Å². The van der Waals surface area contributed by atoms with Crippen molar-refractivity contribution in [1.82, 2.24) is 14.5 Å². The highest BCUT2D eigenvalue weighted by molar-refractivity contribution is 7.89. The summed E-state index contributed by atoms with van der Waals surface area (Å²) in [5, 5.41) is 13.1. The molecule has 0 amide bonds. The number of benzene rings is 1. The second-order valence-electron chi connectivity index (χ2n) is 4.36. The van der Waals surface area contributed by atoms with Gasteiger partial charge in [0.15, 0.2) is 0 Å². The normalized spacial score (nSPS) is 11.5. The third kappa shape index (κ3) is 3.70. The summed E-state index contributed by atoms with van der Waals surface area (Å²) < 4.78 is 32.9. The highest BCUT2D eigenvalue weighted by atomic mass is 32.2. The highest BCUT2D eigenvalue weighted by Crippen LogP contribution is 2.18. The first-order valence-corrected chi connectivity index (χ1v) is 7.79. The molecule has 0 radical (unpaired) electrons. The molecule has 0 fully saturated rings. The number of sulfonamides is 1. The van der Waals surface area contributed by atoms with Gasteiger partial charge in [0.05, 0.1) is 22.8 Å². The van der Waals surface area contributed by atoms with Crippen LogP contribution in [-0.4, -0.2) is 49.5 Å². The molecule has 1 aromatic carbocycles. The van der Waals surface area contributed by atoms with Crippen molar-refractivity contribution in [1.29, 1.82) is 0 Å². The van der Waals surface area contributed by atoms with E-state index >= 15 is 0 Å². The fourth-order valence-corrected chi connectivity index (χ4v) is 2.85. The van der Waals surface area contributed by atoms with Gasteiger partial charge in [0, 0.05) is 26.0 Å². The van der Waals surface area contributed by atoms with Crippen LogP contribution in [0.25, 0.3) is 5.69 Å². The summed E-state index contributed by atoms with van der Waals surface area (Å²) >= 11 is 0. The van der Waals surface area contributed by atoms with E-state index in [2.05, 4.69) is 9.82 Å². The predicted molar refractivity (Wildman–Crippen MR) is 77.6 cm³/mol. The van der Waals surface area contributed by atoms with E-state index in [1.807, 2.05) is 0 Å². The zero-order valence-electron chi connectivity index (χ0n) is 11.8. The fourth-order valence-electron chi connectivity index (χ4n) is 1.78. The Morgan fingerprint density at radius 3 is 2.77 bits per heavy atom. The topological polar surface area (TPSA) is 111 Å². The van der Waals surface area contributed by atoms with E-state index in [4.69, 9.17) is 9.84 Å². The molecule has 2 N–H and O–H groups in total. The number of aromatic nitrogens is 2. The Morgan fingerprint density at radius 1 is 1.41 bits per heavy atom. The van der Waals surface area contributed by atoms with Gasteiger partial charge in [-0.05, 0) is 24.3 Å². The van der Waals surface area contributed by atoms with Gasteiger partial charge in [-0.25, -0.2) is 22.6 Å². The molecule has 0 saturated carbocycles. The molecule has 0 atom stereocenters. The van der Waals surface area contributed by atoms with Crippen LogP contribution in [0.15, 0.2) is 41.6 Å². The Kier molecular flexibility index (Phi) is 4.91. The molecule has 0 bridgehead atoms. The standard InChI is InChI=1S/C13H15N3O5S/c1-21-6-4-15-22(19,20)12-8-10(13(17)18)7-11(9-12)16-5-2-3-14-16/h2-3,5,7-9,15H,4,6H2,1H3,(H,17,18). The van der Waals surface area contributed by atoms with Crippen LogP contribution in [0.2, 0.25) is 0 Å². The van der Waals surface area contributed by atoms with Crippen molar-refractivity contribution in [2.24, 2.45) is 0 Å². The monoisotopic (exact) mass is 325 g/mol. The van der Waals surface area contributed by atoms with Gasteiger partial charge in [-0.1, -0.05) is 0 Å². The molecule has 0 aliphatic carbocycles. The third-order valence-corrected chi connectivity index (χ3v) is 4.26. The zero-order chi connectivity index (χ0) is 16.2. The summed E-state index contributed by atoms with van der Waals surface area (Å²) in [7, 11) is -2.38. The number of methoxy groups -OCH3 is 1. The largest absolute Gasteiger partial charge is 0.478 e. The molecular weight excluding hydrogens is 310 g/mol. The Morgan fingerprint density at radius 2 is 2.18 bits per heavy atom. The van der Waals surface area contributed by atoms with Crippen molar-refractivity contribution in [2.45, 2.75) is 4.90 Å². The van der Waals surface area contributed by atoms with Crippen molar-refractivity contribution in [3.05, 3.63) is 42.2 Å². The van der Waals surface area contributed by atoms with Gasteiger partial charge >= 0.3 is 5.97 Å². The Balaban J connectivity index is 2.45. The van der Waals surface area contributed by atoms with E-state index in [1.165, 1.54) is 30.1 Å². The second kappa shape index (κ2) is 6.69. The SMILES string of the molecule is COCCNS(=O)(=O)c1cc(C(=O)O)cc(-n2cccn2)c1. The summed E-state index contributed by atoms with van der Waals surface area (Å²) in [5.74, 6) is -1.22. The minimum atomic E-state index is -3.84. The van der Waals surface area contributed by atoms with Gasteiger partial charge in [0.1, 0.15) is 0 Å². The van der Waals surface area contributed by atoms with E-state index in [0.29, 0.717) is 5.69 Å². The summed E-state index contributed by atoms with van der Waals surface area (Å²) in [5.41, 5.74) is 0.206. The lowest BCUT2D eigenvalue weighted by Crippen LogP contribution is -2.27. The quantitative estimate of drug-likeness (QED) is 0.717. The summed E-state index contributed by atoms with van der Waals surface area (Å²) in [4.78, 5) is 11.1. The van der Waals surface area contributed by atoms with Gasteiger partial charge in [-0.15, -0.1) is 0 Å². The molecular formula is C13H15N3O5S. The fraction of sp³-hybridized carbons (Fsp3) is 0.231. The number of carbonyl (C=O) groups is 1. The molecule has 2 aromatic rings. The first-order chi connectivity index (χ1) is 10.4. The first kappa shape index (κ1) is 16.1. The van der Waals surface area contributed by atoms with Crippen molar-refractivity contribution in [2.75, 3.05) is 20.3 Å². The van der Waals surface area contributed by atoms with Gasteiger partial charge < -0.3 is 9.84 Å². The van der Waals surface area contributed by atoms with Crippen LogP contribution >= 0.6 is 0 Å². The van der Waals surface area contributed by atoms with Crippen LogP contribution in [-0.2, 0) is 14.8 Å². The number of ether oxygens (including phenoxy) is 1. The van der Waals surface area contributed by atoms with Crippen molar-refractivity contribution in [3.8, 4) is 5.69 Å². The van der Waals surface area contributed by atoms with Crippen LogP contribution in [0.1, 0.15) is 10.4 Å². The van der Waals surface area contributed by atoms with Crippen LogP contribution < -0.4 is 4.72 Å². The lowest BCUT2D eigenvalue weighted by atomic mass is 10.2. The predicted octanol–water partition coefficient (Wildman–Crippen LogP) is 0.495. The first-order valence-electron chi connectivity index (χ1n) is 6.31. The lowest BCUT2D eigenvalue weighted by molar-refractivity contribution is 0.0696. The average Bonchev–Trinajstić information content (AvgIpc) is 3.01. The van der Waals surface area contributed by atoms with Crippen molar-refractivity contribution in [3.63, 3.8) is 0 Å². The van der Waals surface area contributed by atoms with Gasteiger partial charge in [0.25, 0.3) is 0 Å². The molecule has 0 unspecified atom stereocenters. The summed E-state index contributed by atoms with van der Waals surface area (Å²) in [6, 6.07) is 5.46. The molecule has 8 nitrogen and oxygen atoms in total. The Hall–Kier alpha value is -2.23. The molecule has 0 aliphatic rings. The molecule has 118 valence electrons. The Labute approximate surface area is 127 Å². The number of carboxylic acids is 1. The average molecular weight is 325 g/mol. The van der Waals surface area contributed by atoms with Gasteiger partial charge in [0.2, 0.25) is 10.0 Å². The number of carboxylic acid groups (broad SMARTS) is 1. The molecule has 9 heteroatoms. The molecule has 0 spiro atoms. The molecule has 1 aromatic heterocycles. The van der Waals surface area contributed by atoms with E-state index < -0.39 is 16.0 Å². The van der Waals surface area contributed by atoms with E-state index in [9.17, 15) is 13.2 Å². The molecule has 2 rings (SSSR count). The van der Waals surface area contributed by atoms with Crippen LogP contribution in [0.3, 0.4) is 0 Å². The number of aromatic carboxylic acids is 1. The summed E-state index contributed by atoms with van der Waals surface area (Å²) in [6.45, 7) is 0.303. The molecule has 0 saturated heterocycles. The molecule has 1 heterocycles. The van der Waals surface area contributed by atoms with Crippen LogP contribution in [0, 0.1) is 0 Å². The van der Waals surface area contributed by atoms with Crippen LogP contribution in [0.5, 0.6) is 0 Å². The minimum Gasteiger partial charge on any atom is -0.478 e. The molecule has 0 aliphatic heterocycles. The maximum atomic E-state index is 12.2. The van der Waals surface area contributed by atoms with Gasteiger partial charge in [-0.2, -0.15) is 5.10 Å². The number of nitrogens with one attached hydrogen (secondary N) is 1. The lowest BCUT2D eigenvalue weighted by Gasteiger charge is -2.10. The van der Waals surface area contributed by atoms with Crippen LogP contribution in [0.4, 0.5) is 0 Å². The van der Waals surface area contributed by atoms with Crippen molar-refractivity contribution < 1.29 is 23.1 Å². The maximum Gasteiger partial charge on any atom is 0.335 e. The molecule has 22 heavy (non-hydrogen) atoms. The van der Waals surface area contributed by atoms with Crippen molar-refractivity contribution >= 4 is 16.0 Å². The van der Waals surface area contributed by atoms with E-state index in [1.54, 1.807) is 12.3 Å². The zero-order valence-corrected chi connectivity index (χ0v) is 12.6. The maximum absolute atomic E-state index is 12.2. The van der Waals surface area contributed by atoms with E-state index in [0.717, 1.165) is 6.07 Å². The highest BCUT2D eigenvalue weighted by Gasteiger charge is 2.18. The number of rotatable bonds is 7. The number of hydrogen-bond donors (Lipinski definition) is 2. The number of hydrogen-bond acceptors (Lipinski definition) is 5. The smallest absolute Gasteiger partial charge is 0.335 e. The van der Waals surface area contributed by atoms with E-state index in [-0.39, 0.29) is 23.6 Å². The summed E-state index contributed by atoms with van der Waals surface area (Å²) in [6.07, 6.45) is 3.11.